The lowest BCUT2D eigenvalue weighted by molar-refractivity contribution is -0.360. The van der Waals surface area contributed by atoms with Crippen molar-refractivity contribution >= 4 is 40.2 Å². The van der Waals surface area contributed by atoms with E-state index in [0.29, 0.717) is 17.0 Å². The predicted octanol–water partition coefficient (Wildman–Crippen LogP) is 3.56. The third-order valence-corrected chi connectivity index (χ3v) is 5.05. The van der Waals surface area contributed by atoms with Crippen LogP contribution >= 0.6 is 0 Å². The minimum atomic E-state index is -2.02. The van der Waals surface area contributed by atoms with Crippen LogP contribution < -0.4 is 15.0 Å². The van der Waals surface area contributed by atoms with Crippen LogP contribution in [0.3, 0.4) is 0 Å². The highest BCUT2D eigenvalue weighted by Gasteiger charge is 2.22. The number of nitrogens with one attached hydrogen (secondary N) is 2. The molecule has 1 atom stereocenters. The Balaban J connectivity index is 1.94. The fourth-order valence-corrected chi connectivity index (χ4v) is 3.48. The lowest BCUT2D eigenvalue weighted by atomic mass is 10.0. The highest BCUT2D eigenvalue weighted by Crippen LogP contribution is 2.26. The number of hydrogen-bond acceptors (Lipinski definition) is 3. The van der Waals surface area contributed by atoms with Crippen LogP contribution in [-0.2, 0) is 15.8 Å². The van der Waals surface area contributed by atoms with Crippen molar-refractivity contribution in [2.75, 3.05) is 5.32 Å². The molecule has 1 aliphatic heterocycles. The molecule has 0 bridgehead atoms. The average Bonchev–Trinajstić information content (AvgIpc) is 2.72. The Morgan fingerprint density at radius 1 is 1.35 bits per heavy atom. The molecule has 1 amide bonds. The second kappa shape index (κ2) is 9.35. The molecular weight excluding hydrogens is 426 g/mol. The second-order valence-corrected chi connectivity index (χ2v) is 7.37. The van der Waals surface area contributed by atoms with Gasteiger partial charge >= 0.3 is 16.9 Å². The number of aromatic nitrogens is 1. The molecule has 0 aliphatic carbocycles. The van der Waals surface area contributed by atoms with E-state index in [9.17, 15) is 17.8 Å². The molecule has 3 N–H and O–H groups in total. The van der Waals surface area contributed by atoms with Crippen LogP contribution in [0.25, 0.3) is 5.57 Å². The van der Waals surface area contributed by atoms with Crippen molar-refractivity contribution in [1.82, 2.24) is 0 Å². The molecule has 0 saturated heterocycles. The molecule has 2 aromatic rings. The Labute approximate surface area is 179 Å². The quantitative estimate of drug-likeness (QED) is 0.544. The molecule has 31 heavy (non-hydrogen) atoms. The van der Waals surface area contributed by atoms with Crippen molar-refractivity contribution in [1.29, 1.82) is 0 Å². The van der Waals surface area contributed by atoms with Crippen molar-refractivity contribution in [3.63, 3.8) is 0 Å². The molecule has 1 aromatic heterocycles. The summed E-state index contributed by atoms with van der Waals surface area (Å²) in [5, 5.41) is 2.64. The molecule has 7 nitrogen and oxygen atoms in total. The molecule has 10 heteroatoms. The van der Waals surface area contributed by atoms with Gasteiger partial charge in [0.2, 0.25) is 0 Å². The van der Waals surface area contributed by atoms with Crippen molar-refractivity contribution in [2.45, 2.75) is 11.8 Å². The molecular formula is C21H18F2N4O3S+2. The molecule has 0 fully saturated rings. The Hall–Kier alpha value is -3.79. The van der Waals surface area contributed by atoms with E-state index in [2.05, 4.69) is 32.8 Å². The van der Waals surface area contributed by atoms with Gasteiger partial charge in [-0.05, 0) is 17.7 Å². The Bertz CT molecular complexity index is 1210. The number of benzene rings is 1. The number of carbonyl (C=O) groups is 1. The minimum absolute atomic E-state index is 0.198. The summed E-state index contributed by atoms with van der Waals surface area (Å²) in [4.78, 5) is 18.0. The summed E-state index contributed by atoms with van der Waals surface area (Å²) < 4.78 is 47.7. The number of ether oxygens (including phenoxy) is 1. The van der Waals surface area contributed by atoms with Crippen LogP contribution in [0.4, 0.5) is 14.6 Å². The van der Waals surface area contributed by atoms with Gasteiger partial charge in [0.15, 0.2) is 16.5 Å². The van der Waals surface area contributed by atoms with Crippen molar-refractivity contribution in [3.05, 3.63) is 78.9 Å². The number of aromatic amines is 1. The van der Waals surface area contributed by atoms with E-state index in [4.69, 9.17) is 4.74 Å². The normalized spacial score (nSPS) is 15.4. The topological polar surface area (TPSA) is 98.6 Å². The standard InChI is InChI=1S/C21H16F2N4O3S/c1-4-30-19-9-17(23)20(10-16(19)22)31(29)27-18-7-15(11-25-12(18)2)14-5-6-24-21(8-14)26-13(3)28/h4-11H,1-2H2,3H3,(H,24,26,28)/p+2. The Morgan fingerprint density at radius 3 is 2.84 bits per heavy atom. The number of rotatable bonds is 6. The van der Waals surface area contributed by atoms with Gasteiger partial charge in [-0.3, -0.25) is 4.99 Å². The van der Waals surface area contributed by atoms with Gasteiger partial charge in [-0.15, -0.1) is 4.40 Å². The molecule has 158 valence electrons. The summed E-state index contributed by atoms with van der Waals surface area (Å²) in [5.74, 6) is -1.88. The number of hydrogen-bond donors (Lipinski definition) is 1. The number of aliphatic imine (C=N–C) groups is 1. The maximum atomic E-state index is 14.3. The number of dihydropyridines is 1. The predicted molar refractivity (Wildman–Crippen MR) is 115 cm³/mol. The third kappa shape index (κ3) is 5.23. The van der Waals surface area contributed by atoms with Crippen LogP contribution in [-0.4, -0.2) is 22.0 Å². The van der Waals surface area contributed by atoms with E-state index in [1.54, 1.807) is 30.6 Å². The van der Waals surface area contributed by atoms with Crippen molar-refractivity contribution < 1.29 is 27.5 Å². The molecule has 0 spiro atoms. The van der Waals surface area contributed by atoms with Gasteiger partial charge in [0.1, 0.15) is 11.5 Å². The zero-order chi connectivity index (χ0) is 22.5. The van der Waals surface area contributed by atoms with Gasteiger partial charge < -0.3 is 4.74 Å². The largest absolute Gasteiger partial charge is 0.462 e. The first kappa shape index (κ1) is 21.9. The highest BCUT2D eigenvalue weighted by atomic mass is 32.2. The van der Waals surface area contributed by atoms with Gasteiger partial charge in [-0.2, -0.15) is 0 Å². The maximum Gasteiger partial charge on any atom is 0.348 e. The van der Waals surface area contributed by atoms with E-state index >= 15 is 0 Å². The first-order chi connectivity index (χ1) is 14.8. The van der Waals surface area contributed by atoms with Gasteiger partial charge in [-0.1, -0.05) is 13.2 Å². The maximum absolute atomic E-state index is 14.3. The van der Waals surface area contributed by atoms with E-state index in [1.807, 2.05) is 0 Å². The van der Waals surface area contributed by atoms with Crippen LogP contribution in [0.1, 0.15) is 12.5 Å². The molecule has 3 rings (SSSR count). The van der Waals surface area contributed by atoms with Crippen molar-refractivity contribution in [3.8, 4) is 5.75 Å². The fourth-order valence-electron chi connectivity index (χ4n) is 2.60. The number of carbonyl (C=O) groups excluding carboxylic acids is 1. The first-order valence-electron chi connectivity index (χ1n) is 8.82. The zero-order valence-electron chi connectivity index (χ0n) is 16.4. The van der Waals surface area contributed by atoms with Crippen LogP contribution in [0.2, 0.25) is 0 Å². The summed E-state index contributed by atoms with van der Waals surface area (Å²) in [6.07, 6.45) is 5.75. The zero-order valence-corrected chi connectivity index (χ0v) is 17.2. The highest BCUT2D eigenvalue weighted by molar-refractivity contribution is 7.84. The average molecular weight is 444 g/mol. The van der Waals surface area contributed by atoms with Crippen LogP contribution in [0.5, 0.6) is 5.75 Å². The summed E-state index contributed by atoms with van der Waals surface area (Å²) in [7, 11) is -2.02. The van der Waals surface area contributed by atoms with E-state index in [1.165, 1.54) is 6.92 Å². The number of allylic oxidation sites excluding steroid dienone is 2. The van der Waals surface area contributed by atoms with Gasteiger partial charge in [0.25, 0.3) is 5.82 Å². The monoisotopic (exact) mass is 444 g/mol. The lowest BCUT2D eigenvalue weighted by Crippen LogP contribution is -2.17. The number of amides is 1. The molecule has 2 heterocycles. The summed E-state index contributed by atoms with van der Waals surface area (Å²) in [6, 6.07) is 5.06. The number of halogens is 2. The second-order valence-electron chi connectivity index (χ2n) is 6.22. The van der Waals surface area contributed by atoms with Gasteiger partial charge in [-0.25, -0.2) is 28.1 Å². The third-order valence-electron chi connectivity index (χ3n) is 3.97. The molecule has 0 radical (unpaired) electrons. The molecule has 1 aliphatic rings. The first-order valence-corrected chi connectivity index (χ1v) is 9.96. The molecule has 1 aromatic carbocycles. The number of nitrogens with zero attached hydrogens (tertiary/aromatic N) is 2. The number of H-pyrrole nitrogens is 1. The Morgan fingerprint density at radius 2 is 2.13 bits per heavy atom. The van der Waals surface area contributed by atoms with Crippen molar-refractivity contribution in [2.24, 2.45) is 9.39 Å². The van der Waals surface area contributed by atoms with E-state index in [0.717, 1.165) is 18.4 Å². The number of pyridine rings is 1. The fraction of sp³-hybridized carbons (Fsp3) is 0.0476. The molecule has 1 unspecified atom stereocenters. The van der Waals surface area contributed by atoms with Crippen LogP contribution in [0.15, 0.2) is 75.9 Å². The van der Waals surface area contributed by atoms with E-state index in [-0.39, 0.29) is 28.0 Å². The van der Waals surface area contributed by atoms with Crippen LogP contribution in [0, 0.1) is 11.6 Å². The minimum Gasteiger partial charge on any atom is -0.462 e. The smallest absolute Gasteiger partial charge is 0.348 e. The molecule has 0 saturated carbocycles. The summed E-state index contributed by atoms with van der Waals surface area (Å²) >= 11 is 0. The number of anilines is 1. The van der Waals surface area contributed by atoms with Gasteiger partial charge in [0.05, 0.1) is 18.2 Å². The SMILES string of the molecule is C=COc1cc(F)c(S(=[OH+])N=C2C=C(c3cc[nH+]c(NC(C)=O)c3)C=NC2=C)cc1F. The van der Waals surface area contributed by atoms with Gasteiger partial charge in [0, 0.05) is 36.9 Å². The summed E-state index contributed by atoms with van der Waals surface area (Å²) in [6.45, 7) is 8.44. The summed E-state index contributed by atoms with van der Waals surface area (Å²) in [5.41, 5.74) is 1.76. The lowest BCUT2D eigenvalue weighted by Gasteiger charge is -2.10. The Kier molecular flexibility index (Phi) is 6.61. The van der Waals surface area contributed by atoms with E-state index < -0.39 is 22.6 Å².